The van der Waals surface area contributed by atoms with E-state index >= 15 is 0 Å². The highest BCUT2D eigenvalue weighted by molar-refractivity contribution is 6.01. The molecule has 0 aliphatic carbocycles. The van der Waals surface area contributed by atoms with E-state index in [0.29, 0.717) is 5.75 Å². The van der Waals surface area contributed by atoms with Crippen LogP contribution in [-0.2, 0) is 19.1 Å². The highest BCUT2D eigenvalue weighted by Gasteiger charge is 2.41. The molecule has 8 heteroatoms. The maximum Gasteiger partial charge on any atom is 0.338 e. The second-order valence-corrected chi connectivity index (χ2v) is 7.54. The highest BCUT2D eigenvalue weighted by Crippen LogP contribution is 2.32. The average Bonchev–Trinajstić information content (AvgIpc) is 2.54. The van der Waals surface area contributed by atoms with Crippen molar-refractivity contribution in [2.24, 2.45) is 0 Å². The third-order valence-electron chi connectivity index (χ3n) is 3.63. The van der Waals surface area contributed by atoms with Crippen LogP contribution >= 0.6 is 0 Å². The maximum absolute atomic E-state index is 13.8. The van der Waals surface area contributed by atoms with Crippen LogP contribution in [0.2, 0.25) is 0 Å². The fraction of sp³-hybridized carbons (Fsp3) is 0.579. The summed E-state index contributed by atoms with van der Waals surface area (Å²) in [4.78, 5) is 26.2. The van der Waals surface area contributed by atoms with E-state index in [9.17, 15) is 19.1 Å². The Morgan fingerprint density at radius 1 is 1.37 bits per heavy atom. The molecular weight excluding hydrogens is 357 g/mol. The summed E-state index contributed by atoms with van der Waals surface area (Å²) < 4.78 is 29.9. The molecule has 1 N–H and O–H groups in total. The summed E-state index contributed by atoms with van der Waals surface area (Å²) in [5.41, 5.74) is -0.602. The molecule has 0 saturated carbocycles. The topological polar surface area (TPSA) is 85.3 Å². The quantitative estimate of drug-likeness (QED) is 0.784. The smallest absolute Gasteiger partial charge is 0.338 e. The predicted molar refractivity (Wildman–Crippen MR) is 96.1 cm³/mol. The first-order valence-electron chi connectivity index (χ1n) is 8.79. The number of esters is 1. The number of morpholine rings is 1. The fourth-order valence-corrected chi connectivity index (χ4v) is 2.61. The number of rotatable bonds is 5. The van der Waals surface area contributed by atoms with Gasteiger partial charge >= 0.3 is 5.97 Å². The Labute approximate surface area is 158 Å². The molecule has 0 bridgehead atoms. The average molecular weight is 383 g/mol. The first kappa shape index (κ1) is 21.1. The summed E-state index contributed by atoms with van der Waals surface area (Å²) in [6, 6.07) is 3.85. The molecule has 1 aliphatic heterocycles. The van der Waals surface area contributed by atoms with E-state index in [0.717, 1.165) is 0 Å². The first-order chi connectivity index (χ1) is 12.5. The molecule has 1 saturated heterocycles. The van der Waals surface area contributed by atoms with E-state index in [1.54, 1.807) is 20.8 Å². The van der Waals surface area contributed by atoms with Crippen molar-refractivity contribution in [1.29, 1.82) is 0 Å². The predicted octanol–water partition coefficient (Wildman–Crippen LogP) is 2.05. The largest absolute Gasteiger partial charge is 0.489 e. The summed E-state index contributed by atoms with van der Waals surface area (Å²) in [5.74, 6) is -1.84. The minimum Gasteiger partial charge on any atom is -0.489 e. The van der Waals surface area contributed by atoms with Gasteiger partial charge in [-0.05, 0) is 46.8 Å². The second kappa shape index (κ2) is 8.22. The number of aliphatic hydroxyl groups excluding tert-OH is 1. The molecule has 150 valence electrons. The summed E-state index contributed by atoms with van der Waals surface area (Å²) in [7, 11) is 0. The van der Waals surface area contributed by atoms with Gasteiger partial charge in [0.25, 0.3) is 5.91 Å². The second-order valence-electron chi connectivity index (χ2n) is 7.54. The first-order valence-corrected chi connectivity index (χ1v) is 8.79. The zero-order valence-electron chi connectivity index (χ0n) is 16.2. The SMILES string of the molecule is CC(C)Oc1ccc(F)cc1N1CCOC(C(O)C(=O)OC(C)(C)C)C1=O. The molecular formula is C19H26FNO6. The molecule has 1 fully saturated rings. The van der Waals surface area contributed by atoms with Gasteiger partial charge in [-0.15, -0.1) is 0 Å². The van der Waals surface area contributed by atoms with Crippen LogP contribution in [0.25, 0.3) is 0 Å². The molecule has 0 aromatic heterocycles. The van der Waals surface area contributed by atoms with Crippen LogP contribution in [0.1, 0.15) is 34.6 Å². The fourth-order valence-electron chi connectivity index (χ4n) is 2.61. The van der Waals surface area contributed by atoms with Crippen molar-refractivity contribution in [3.05, 3.63) is 24.0 Å². The van der Waals surface area contributed by atoms with E-state index in [4.69, 9.17) is 14.2 Å². The lowest BCUT2D eigenvalue weighted by Gasteiger charge is -2.35. The Morgan fingerprint density at radius 2 is 2.04 bits per heavy atom. The Bertz CT molecular complexity index is 700. The molecule has 1 aromatic rings. The van der Waals surface area contributed by atoms with Crippen molar-refractivity contribution >= 4 is 17.6 Å². The Hall–Kier alpha value is -2.19. The zero-order valence-corrected chi connectivity index (χ0v) is 16.2. The molecule has 1 aliphatic rings. The molecule has 1 aromatic carbocycles. The monoisotopic (exact) mass is 383 g/mol. The molecule has 2 rings (SSSR count). The summed E-state index contributed by atoms with van der Waals surface area (Å²) in [5, 5.41) is 10.3. The maximum atomic E-state index is 13.8. The Morgan fingerprint density at radius 3 is 2.63 bits per heavy atom. The van der Waals surface area contributed by atoms with Crippen molar-refractivity contribution < 1.29 is 33.3 Å². The van der Waals surface area contributed by atoms with Crippen molar-refractivity contribution in [2.45, 2.75) is 58.5 Å². The summed E-state index contributed by atoms with van der Waals surface area (Å²) >= 11 is 0. The van der Waals surface area contributed by atoms with E-state index < -0.39 is 35.5 Å². The van der Waals surface area contributed by atoms with Gasteiger partial charge in [-0.1, -0.05) is 0 Å². The number of halogens is 1. The molecule has 2 unspecified atom stereocenters. The number of carbonyl (C=O) groups excluding carboxylic acids is 2. The normalized spacial score (nSPS) is 19.2. The molecule has 1 amide bonds. The van der Waals surface area contributed by atoms with E-state index in [1.807, 2.05) is 13.8 Å². The molecule has 0 spiro atoms. The van der Waals surface area contributed by atoms with Gasteiger partial charge in [0.1, 0.15) is 17.2 Å². The third kappa shape index (κ3) is 5.40. The summed E-state index contributed by atoms with van der Waals surface area (Å²) in [6.45, 7) is 8.76. The third-order valence-corrected chi connectivity index (χ3v) is 3.63. The molecule has 27 heavy (non-hydrogen) atoms. The standard InChI is InChI=1S/C19H26FNO6/c1-11(2)26-14-7-6-12(20)10-13(14)21-8-9-25-16(17(21)23)15(22)18(24)27-19(3,4)5/h6-7,10-11,15-16,22H,8-9H2,1-5H3. The number of carbonyl (C=O) groups is 2. The van der Waals surface area contributed by atoms with Gasteiger partial charge in [-0.25, -0.2) is 9.18 Å². The van der Waals surface area contributed by atoms with Crippen molar-refractivity contribution in [3.63, 3.8) is 0 Å². The lowest BCUT2D eigenvalue weighted by Crippen LogP contribution is -2.55. The van der Waals surface area contributed by atoms with E-state index in [1.165, 1.54) is 23.1 Å². The van der Waals surface area contributed by atoms with Gasteiger partial charge in [0.15, 0.2) is 12.2 Å². The van der Waals surface area contributed by atoms with Gasteiger partial charge in [-0.3, -0.25) is 4.79 Å². The number of anilines is 1. The van der Waals surface area contributed by atoms with Crippen LogP contribution in [0.3, 0.4) is 0 Å². The molecule has 0 radical (unpaired) electrons. The van der Waals surface area contributed by atoms with E-state index in [2.05, 4.69) is 0 Å². The van der Waals surface area contributed by atoms with Crippen molar-refractivity contribution in [3.8, 4) is 5.75 Å². The van der Waals surface area contributed by atoms with Crippen LogP contribution in [0.15, 0.2) is 18.2 Å². The van der Waals surface area contributed by atoms with Gasteiger partial charge in [0.2, 0.25) is 0 Å². The number of nitrogens with zero attached hydrogens (tertiary/aromatic N) is 1. The minimum absolute atomic E-state index is 0.0634. The lowest BCUT2D eigenvalue weighted by molar-refractivity contribution is -0.177. The van der Waals surface area contributed by atoms with Gasteiger partial charge in [0.05, 0.1) is 18.4 Å². The van der Waals surface area contributed by atoms with Crippen LogP contribution in [0, 0.1) is 5.82 Å². The van der Waals surface area contributed by atoms with Gasteiger partial charge in [-0.2, -0.15) is 0 Å². The Balaban J connectivity index is 2.27. The number of benzene rings is 1. The number of hydrogen-bond donors (Lipinski definition) is 1. The van der Waals surface area contributed by atoms with Crippen LogP contribution in [0.4, 0.5) is 10.1 Å². The Kier molecular flexibility index (Phi) is 6.43. The van der Waals surface area contributed by atoms with Gasteiger partial charge in [0, 0.05) is 12.6 Å². The van der Waals surface area contributed by atoms with Crippen LogP contribution in [0.5, 0.6) is 5.75 Å². The summed E-state index contributed by atoms with van der Waals surface area (Å²) in [6.07, 6.45) is -3.42. The van der Waals surface area contributed by atoms with Gasteiger partial charge < -0.3 is 24.2 Å². The highest BCUT2D eigenvalue weighted by atomic mass is 19.1. The number of amides is 1. The number of aliphatic hydroxyl groups is 1. The van der Waals surface area contributed by atoms with Crippen LogP contribution < -0.4 is 9.64 Å². The van der Waals surface area contributed by atoms with Crippen molar-refractivity contribution in [2.75, 3.05) is 18.1 Å². The minimum atomic E-state index is -1.79. The molecule has 1 heterocycles. The van der Waals surface area contributed by atoms with E-state index in [-0.39, 0.29) is 24.9 Å². The lowest BCUT2D eigenvalue weighted by atomic mass is 10.1. The molecule has 7 nitrogen and oxygen atoms in total. The molecule has 2 atom stereocenters. The number of hydrogen-bond acceptors (Lipinski definition) is 6. The van der Waals surface area contributed by atoms with Crippen LogP contribution in [-0.4, -0.2) is 54.0 Å². The zero-order chi connectivity index (χ0) is 20.4. The van der Waals surface area contributed by atoms with Crippen molar-refractivity contribution in [1.82, 2.24) is 0 Å². The number of ether oxygens (including phenoxy) is 3.